The molecule has 1 amide bonds. The van der Waals surface area contributed by atoms with Crippen molar-refractivity contribution in [2.24, 2.45) is 16.5 Å². The summed E-state index contributed by atoms with van der Waals surface area (Å²) in [5.41, 5.74) is 17.3. The molecule has 2 aromatic carbocycles. The van der Waals surface area contributed by atoms with Crippen molar-refractivity contribution in [2.75, 3.05) is 5.32 Å². The molecule has 1 fully saturated rings. The Kier molecular flexibility index (Phi) is 6.89. The van der Waals surface area contributed by atoms with Gasteiger partial charge in [-0.1, -0.05) is 35.6 Å². The van der Waals surface area contributed by atoms with Gasteiger partial charge in [0.2, 0.25) is 5.91 Å². The highest BCUT2D eigenvalue weighted by molar-refractivity contribution is 7.22. The summed E-state index contributed by atoms with van der Waals surface area (Å²) in [7, 11) is 0. The van der Waals surface area contributed by atoms with Gasteiger partial charge in [0.1, 0.15) is 5.84 Å². The number of hydrogen-bond donors (Lipinski definition) is 6. The number of hydrogen-bond acceptors (Lipinski definition) is 8. The number of nitrogens with two attached hydrogens (primary N) is 2. The molecule has 0 aliphatic heterocycles. The van der Waals surface area contributed by atoms with Crippen molar-refractivity contribution in [2.45, 2.75) is 39.3 Å². The van der Waals surface area contributed by atoms with Crippen LogP contribution in [0, 0.1) is 12.3 Å². The van der Waals surface area contributed by atoms with Crippen LogP contribution < -0.4 is 27.8 Å². The third kappa shape index (κ3) is 5.11. The molecule has 0 radical (unpaired) electrons. The van der Waals surface area contributed by atoms with Gasteiger partial charge in [0, 0.05) is 18.7 Å². The second-order valence-electron chi connectivity index (χ2n) is 9.44. The molecule has 0 saturated heterocycles. The number of nitrogens with zero attached hydrogens (tertiary/aromatic N) is 3. The predicted molar refractivity (Wildman–Crippen MR) is 154 cm³/mol. The summed E-state index contributed by atoms with van der Waals surface area (Å²) in [5, 5.41) is 22.8. The number of amides is 1. The van der Waals surface area contributed by atoms with Crippen molar-refractivity contribution in [3.63, 3.8) is 0 Å². The van der Waals surface area contributed by atoms with Crippen molar-refractivity contribution in [3.8, 4) is 0 Å². The van der Waals surface area contributed by atoms with E-state index in [4.69, 9.17) is 16.9 Å². The molecule has 0 bridgehead atoms. The first-order valence-electron chi connectivity index (χ1n) is 12.3. The first-order chi connectivity index (χ1) is 18.7. The molecule has 1 aliphatic carbocycles. The number of fused-ring (bicyclic) bond motifs is 2. The maximum absolute atomic E-state index is 13.4. The minimum absolute atomic E-state index is 0.0143. The van der Waals surface area contributed by atoms with E-state index in [1.54, 1.807) is 22.8 Å². The van der Waals surface area contributed by atoms with Crippen LogP contribution in [0.5, 0.6) is 0 Å². The highest BCUT2D eigenvalue weighted by Gasteiger charge is 2.28. The fourth-order valence-electron chi connectivity index (χ4n) is 4.63. The highest BCUT2D eigenvalue weighted by atomic mass is 32.1. The average Bonchev–Trinajstić information content (AvgIpc) is 3.63. The first-order valence-corrected chi connectivity index (χ1v) is 13.1. The van der Waals surface area contributed by atoms with Crippen LogP contribution in [0.3, 0.4) is 0 Å². The van der Waals surface area contributed by atoms with Crippen LogP contribution in [0.2, 0.25) is 0 Å². The maximum atomic E-state index is 13.4. The number of aliphatic imine (C=N–C) groups is 1. The number of hydroxylamine groups is 1. The molecule has 200 valence electrons. The zero-order chi connectivity index (χ0) is 27.8. The van der Waals surface area contributed by atoms with E-state index in [0.29, 0.717) is 27.3 Å². The summed E-state index contributed by atoms with van der Waals surface area (Å²) < 4.78 is 2.54. The molecule has 12 heteroatoms. The Hall–Kier alpha value is -4.55. The second kappa shape index (κ2) is 10.3. The van der Waals surface area contributed by atoms with E-state index < -0.39 is 5.84 Å². The Balaban J connectivity index is 1.56. The van der Waals surface area contributed by atoms with Crippen molar-refractivity contribution < 1.29 is 10.0 Å². The summed E-state index contributed by atoms with van der Waals surface area (Å²) in [5.74, 6) is -0.719. The molecule has 1 saturated carbocycles. The molecule has 11 nitrogen and oxygen atoms in total. The van der Waals surface area contributed by atoms with Gasteiger partial charge in [0.25, 0.3) is 5.56 Å². The summed E-state index contributed by atoms with van der Waals surface area (Å²) in [6.45, 7) is 3.38. The van der Waals surface area contributed by atoms with Crippen LogP contribution in [0.15, 0.2) is 57.8 Å². The molecule has 2 aromatic heterocycles. The fraction of sp³-hybridized carbons (Fsp3) is 0.222. The van der Waals surface area contributed by atoms with Gasteiger partial charge in [-0.3, -0.25) is 30.7 Å². The number of carbonyl (C=O) groups is 1. The number of aromatic nitrogens is 2. The fourth-order valence-corrected chi connectivity index (χ4v) is 5.58. The number of thiazole rings is 1. The van der Waals surface area contributed by atoms with E-state index in [9.17, 15) is 14.8 Å². The van der Waals surface area contributed by atoms with Crippen molar-refractivity contribution in [3.05, 3.63) is 75.2 Å². The number of benzene rings is 2. The number of anilines is 1. The molecule has 39 heavy (non-hydrogen) atoms. The Morgan fingerprint density at radius 3 is 2.69 bits per heavy atom. The van der Waals surface area contributed by atoms with Crippen molar-refractivity contribution in [1.82, 2.24) is 15.0 Å². The molecular weight excluding hydrogens is 516 g/mol. The Morgan fingerprint density at radius 1 is 1.26 bits per heavy atom. The van der Waals surface area contributed by atoms with Gasteiger partial charge in [-0.15, -0.1) is 0 Å². The largest absolute Gasteiger partial charge is 0.398 e. The summed E-state index contributed by atoms with van der Waals surface area (Å²) in [6, 6.07) is 13.0. The number of pyridine rings is 1. The Bertz CT molecular complexity index is 1760. The zero-order valence-electron chi connectivity index (χ0n) is 21.4. The molecule has 1 aliphatic rings. The van der Waals surface area contributed by atoms with E-state index in [2.05, 4.69) is 15.3 Å². The van der Waals surface area contributed by atoms with Crippen LogP contribution in [-0.2, 0) is 11.3 Å². The van der Waals surface area contributed by atoms with E-state index in [0.717, 1.165) is 28.5 Å². The van der Waals surface area contributed by atoms with E-state index in [1.165, 1.54) is 18.3 Å². The smallest absolute Gasteiger partial charge is 0.259 e. The Morgan fingerprint density at radius 2 is 2.03 bits per heavy atom. The van der Waals surface area contributed by atoms with Crippen molar-refractivity contribution >= 4 is 60.7 Å². The van der Waals surface area contributed by atoms with E-state index in [1.807, 2.05) is 36.7 Å². The van der Waals surface area contributed by atoms with Gasteiger partial charge >= 0.3 is 0 Å². The van der Waals surface area contributed by atoms with Gasteiger partial charge in [-0.05, 0) is 54.5 Å². The summed E-state index contributed by atoms with van der Waals surface area (Å²) in [6.07, 6.45) is 1.82. The molecule has 4 aromatic rings. The lowest BCUT2D eigenvalue weighted by Crippen LogP contribution is -2.32. The van der Waals surface area contributed by atoms with E-state index in [-0.39, 0.29) is 41.2 Å². The van der Waals surface area contributed by atoms with Gasteiger partial charge in [-0.25, -0.2) is 4.98 Å². The molecule has 2 heterocycles. The normalized spacial score (nSPS) is 14.4. The number of aryl methyl sites for hydroxylation is 1. The quantitative estimate of drug-likeness (QED) is 0.117. The maximum Gasteiger partial charge on any atom is 0.259 e. The van der Waals surface area contributed by atoms with Gasteiger partial charge in [-0.2, -0.15) is 0 Å². The number of nitrogens with one attached hydrogen (secondary N) is 3. The van der Waals surface area contributed by atoms with Gasteiger partial charge in [0.15, 0.2) is 11.0 Å². The van der Waals surface area contributed by atoms with Crippen LogP contribution in [0.25, 0.3) is 26.7 Å². The lowest BCUT2D eigenvalue weighted by Gasteiger charge is -2.16. The number of amidine groups is 2. The van der Waals surface area contributed by atoms with Crippen LogP contribution in [-0.4, -0.2) is 32.3 Å². The second-order valence-corrected chi connectivity index (χ2v) is 10.5. The van der Waals surface area contributed by atoms with Crippen LogP contribution in [0.4, 0.5) is 5.13 Å². The standard InChI is InChI=1S/C27H28N8O3S/c1-13-4-3-5-15-10-18(35(17-7-8-17)26(37)21(13)15)12-31-25(34-38)22(24(29)30)23(28)16-6-9-19-20(11-16)39-27(33-19)32-14(2)36/h3-6,9-11,17,38H,7-8,12,28H2,1-2H3,(H3,29,30)(H,31,34)(H,32,33,36). The first kappa shape index (κ1) is 26.1. The topological polar surface area (TPSA) is 184 Å². The predicted octanol–water partition coefficient (Wildman–Crippen LogP) is 3.40. The third-order valence-electron chi connectivity index (χ3n) is 6.54. The molecule has 0 spiro atoms. The van der Waals surface area contributed by atoms with Gasteiger partial charge in [0.05, 0.1) is 33.4 Å². The lowest BCUT2D eigenvalue weighted by molar-refractivity contribution is -0.114. The minimum atomic E-state index is -0.398. The molecule has 0 atom stereocenters. The number of rotatable bonds is 7. The Labute approximate surface area is 227 Å². The molecule has 5 rings (SSSR count). The molecular formula is C27H28N8O3S. The van der Waals surface area contributed by atoms with Crippen LogP contribution in [0.1, 0.15) is 42.6 Å². The highest BCUT2D eigenvalue weighted by Crippen LogP contribution is 2.36. The van der Waals surface area contributed by atoms with E-state index >= 15 is 0 Å². The summed E-state index contributed by atoms with van der Waals surface area (Å²) >= 11 is 1.28. The monoisotopic (exact) mass is 544 g/mol. The SMILES string of the molecule is CC(=O)Nc1nc2ccc(C(N)=C(C(=N)N)C(=NCc3cc4cccc(C)c4c(=O)n3C3CC3)NO)cc2s1. The zero-order valence-corrected chi connectivity index (χ0v) is 22.2. The van der Waals surface area contributed by atoms with Gasteiger partial charge < -0.3 is 21.4 Å². The summed E-state index contributed by atoms with van der Waals surface area (Å²) in [4.78, 5) is 33.7. The van der Waals surface area contributed by atoms with Crippen molar-refractivity contribution in [1.29, 1.82) is 5.41 Å². The average molecular weight is 545 g/mol. The molecule has 8 N–H and O–H groups in total. The minimum Gasteiger partial charge on any atom is -0.398 e. The number of carbonyl (C=O) groups excluding carboxylic acids is 1. The van der Waals surface area contributed by atoms with Crippen LogP contribution >= 0.6 is 11.3 Å². The third-order valence-corrected chi connectivity index (χ3v) is 7.48. The lowest BCUT2D eigenvalue weighted by atomic mass is 10.0. The molecule has 0 unspecified atom stereocenters.